The maximum Gasteiger partial charge on any atom is 0.411 e. The molecule has 4 heterocycles. The minimum absolute atomic E-state index is 0.0356. The van der Waals surface area contributed by atoms with Gasteiger partial charge in [-0.15, -0.1) is 0 Å². The Bertz CT molecular complexity index is 2290. The minimum atomic E-state index is -1.77. The summed E-state index contributed by atoms with van der Waals surface area (Å²) in [4.78, 5) is 66.6. The van der Waals surface area contributed by atoms with Crippen LogP contribution in [0.5, 0.6) is 5.75 Å². The molecule has 0 bridgehead atoms. The van der Waals surface area contributed by atoms with Gasteiger partial charge in [0.2, 0.25) is 0 Å². The van der Waals surface area contributed by atoms with Crippen LogP contribution in [0.3, 0.4) is 0 Å². The third-order valence-corrected chi connectivity index (χ3v) is 14.1. The molecule has 6 rings (SSSR count). The van der Waals surface area contributed by atoms with Crippen molar-refractivity contribution in [3.63, 3.8) is 0 Å². The van der Waals surface area contributed by atoms with E-state index in [-0.39, 0.29) is 25.2 Å². The van der Waals surface area contributed by atoms with Crippen LogP contribution in [0.15, 0.2) is 73.1 Å². The summed E-state index contributed by atoms with van der Waals surface area (Å²) in [5.41, 5.74) is -1.14. The van der Waals surface area contributed by atoms with Crippen molar-refractivity contribution >= 4 is 35.8 Å². The average molecular weight is 989 g/mol. The van der Waals surface area contributed by atoms with E-state index in [0.717, 1.165) is 11.1 Å². The molecule has 3 aromatic rings. The van der Waals surface area contributed by atoms with Crippen LogP contribution in [-0.4, -0.2) is 143 Å². The maximum atomic E-state index is 14.8. The monoisotopic (exact) mass is 989 g/mol. The van der Waals surface area contributed by atoms with Gasteiger partial charge in [0.15, 0.2) is 24.0 Å². The van der Waals surface area contributed by atoms with Gasteiger partial charge in [0, 0.05) is 59.9 Å². The number of Topliss-reactive ketones (excluding diaryl/α,β-unsaturated/α-hetero) is 1. The molecule has 0 spiro atoms. The molecule has 19 heteroatoms. The Balaban J connectivity index is 1.40. The molecule has 388 valence electrons. The molecule has 1 unspecified atom stereocenters. The van der Waals surface area contributed by atoms with Crippen LogP contribution in [0.25, 0.3) is 17.5 Å². The van der Waals surface area contributed by atoms with Gasteiger partial charge < -0.3 is 58.9 Å². The number of nitrogens with zero attached hydrogens (tertiary/aromatic N) is 3. The lowest BCUT2D eigenvalue weighted by atomic mass is 9.73. The average Bonchev–Trinajstić information content (AvgIpc) is 3.66. The van der Waals surface area contributed by atoms with Gasteiger partial charge in [0.1, 0.15) is 41.5 Å². The van der Waals surface area contributed by atoms with E-state index in [1.807, 2.05) is 56.3 Å². The second kappa shape index (κ2) is 23.7. The van der Waals surface area contributed by atoms with Crippen molar-refractivity contribution in [1.29, 1.82) is 0 Å². The van der Waals surface area contributed by atoms with E-state index < -0.39 is 108 Å². The van der Waals surface area contributed by atoms with E-state index in [0.29, 0.717) is 23.7 Å². The Hall–Kier alpha value is -5.70. The zero-order valence-corrected chi connectivity index (χ0v) is 42.6. The Morgan fingerprint density at radius 1 is 0.944 bits per heavy atom. The fourth-order valence-corrected chi connectivity index (χ4v) is 10.3. The molecule has 0 saturated carbocycles. The van der Waals surface area contributed by atoms with Gasteiger partial charge in [-0.25, -0.2) is 24.4 Å². The molecule has 3 aliphatic heterocycles. The highest BCUT2D eigenvalue weighted by Crippen LogP contribution is 2.42. The topological polar surface area (TPSA) is 238 Å². The normalized spacial score (nSPS) is 33.8. The summed E-state index contributed by atoms with van der Waals surface area (Å²) >= 11 is 0. The first-order valence-electron chi connectivity index (χ1n) is 24.3. The van der Waals surface area contributed by atoms with E-state index in [1.165, 1.54) is 7.11 Å². The van der Waals surface area contributed by atoms with E-state index in [1.54, 1.807) is 97.3 Å². The van der Waals surface area contributed by atoms with E-state index >= 15 is 0 Å². The minimum Gasteiger partial charge on any atom is -0.497 e. The number of aliphatic hydroxyl groups excluding tert-OH is 2. The zero-order chi connectivity index (χ0) is 51.8. The number of alkyl carbamates (subject to hydrolysis) is 2. The van der Waals surface area contributed by atoms with Crippen LogP contribution in [0.1, 0.15) is 80.2 Å². The second-order valence-electron chi connectivity index (χ2n) is 19.7. The molecule has 2 aromatic carbocycles. The van der Waals surface area contributed by atoms with E-state index in [9.17, 15) is 29.4 Å². The fraction of sp³-hybridized carbons (Fsp3) is 0.577. The highest BCUT2D eigenvalue weighted by atomic mass is 16.7. The number of aliphatic hydroxyl groups is 2. The van der Waals surface area contributed by atoms with Gasteiger partial charge >= 0.3 is 18.3 Å². The largest absolute Gasteiger partial charge is 0.497 e. The molecular formula is C52H72N6O13. The summed E-state index contributed by atoms with van der Waals surface area (Å²) in [5.74, 6) is -2.96. The first-order chi connectivity index (χ1) is 33.7. The molecule has 19 nitrogen and oxygen atoms in total. The van der Waals surface area contributed by atoms with Gasteiger partial charge in [0.05, 0.1) is 19.3 Å². The van der Waals surface area contributed by atoms with Gasteiger partial charge in [-0.1, -0.05) is 71.0 Å². The molecule has 0 radical (unpaired) electrons. The summed E-state index contributed by atoms with van der Waals surface area (Å²) in [6.07, 6.45) is -3.20. The lowest BCUT2D eigenvalue weighted by Crippen LogP contribution is -2.61. The van der Waals surface area contributed by atoms with E-state index in [2.05, 4.69) is 25.9 Å². The van der Waals surface area contributed by atoms with Crippen LogP contribution in [-0.2, 0) is 33.2 Å². The fourth-order valence-electron chi connectivity index (χ4n) is 10.3. The first kappa shape index (κ1) is 54.6. The zero-order valence-electron chi connectivity index (χ0n) is 42.6. The van der Waals surface area contributed by atoms with Crippen LogP contribution in [0.2, 0.25) is 0 Å². The van der Waals surface area contributed by atoms with Crippen LogP contribution < -0.4 is 20.7 Å². The third-order valence-electron chi connectivity index (χ3n) is 14.1. The molecule has 3 fully saturated rings. The Morgan fingerprint density at radius 3 is 2.25 bits per heavy atom. The number of hydrogen-bond acceptors (Lipinski definition) is 16. The van der Waals surface area contributed by atoms with Crippen molar-refractivity contribution in [2.75, 3.05) is 33.1 Å². The number of hydrogen-bond donors (Lipinski definition) is 5. The number of likely N-dealkylation sites (N-methyl/N-ethyl adjacent to an activating group) is 1. The van der Waals surface area contributed by atoms with Crippen LogP contribution in [0, 0.1) is 23.7 Å². The Kier molecular flexibility index (Phi) is 18.2. The highest BCUT2D eigenvalue weighted by molar-refractivity contribution is 5.86. The molecule has 1 aromatic heterocycles. The predicted molar refractivity (Wildman–Crippen MR) is 263 cm³/mol. The SMILES string of the molecule is CC[C@H]1OC(O)[C@H](C)[C@@H](OC(=O)Nc2ccc(OC)cc2)[C@H](C)[C@@H](O[C@@H]2O[C@H](C)C[C@H](N(C)C)[C@H]2O)[C@](C)(OC(=O)NC/C=C/c2ccc(-c3ncccn3)cc2)C[C@@H](C)C(=O)[C@H](C)[C@H]2NC(=O)O[C@@]21C. The standard InChI is InChI=1S/C52H72N6O13/c1-12-39-52(8)43(57-50(64)71-52)31(4)40(59)29(2)28-51(7,70-48(62)55-24-13-15-34-16-18-35(19-17-34)45-53-25-14-26-54-45)44(69-47-41(60)38(58(9)10)27-30(3)66-47)32(5)42(33(6)46(61)67-39)68-49(63)56-36-20-22-37(65-11)23-21-36/h13-23,25-26,29-33,38-39,41-44,46-47,60-61H,12,24,27-28H2,1-11H3,(H,55,62)(H,56,63)(H,57,64)/b15-13+/t29-,30-,31+,32+,33-,38+,39-,41-,42+,43-,44-,46?,47+,51-,52-/m1/s1. The molecule has 15 atom stereocenters. The number of anilines is 1. The Morgan fingerprint density at radius 2 is 1.62 bits per heavy atom. The molecular weight excluding hydrogens is 917 g/mol. The smallest absolute Gasteiger partial charge is 0.411 e. The lowest BCUT2D eigenvalue weighted by Gasteiger charge is -2.48. The maximum absolute atomic E-state index is 14.8. The number of fused-ring (bicyclic) bond motifs is 1. The number of methoxy groups -OCH3 is 1. The van der Waals surface area contributed by atoms with Crippen molar-refractivity contribution < 1.29 is 62.5 Å². The summed E-state index contributed by atoms with van der Waals surface area (Å²) < 4.78 is 43.6. The number of benzene rings is 2. The van der Waals surface area contributed by atoms with Crippen LogP contribution >= 0.6 is 0 Å². The van der Waals surface area contributed by atoms with Gasteiger partial charge in [-0.05, 0) is 90.0 Å². The number of carbonyl (C=O) groups is 4. The number of ether oxygens (including phenoxy) is 7. The second-order valence-corrected chi connectivity index (χ2v) is 19.7. The van der Waals surface area contributed by atoms with E-state index in [4.69, 9.17) is 33.2 Å². The summed E-state index contributed by atoms with van der Waals surface area (Å²) in [7, 11) is 5.19. The van der Waals surface area contributed by atoms with Crippen molar-refractivity contribution in [3.8, 4) is 17.1 Å². The predicted octanol–water partition coefficient (Wildman–Crippen LogP) is 6.58. The third kappa shape index (κ3) is 13.0. The Labute approximate surface area is 416 Å². The number of ketones is 1. The summed E-state index contributed by atoms with van der Waals surface area (Å²) in [6.45, 7) is 13.7. The van der Waals surface area contributed by atoms with Gasteiger partial charge in [0.25, 0.3) is 0 Å². The first-order valence-corrected chi connectivity index (χ1v) is 24.3. The van der Waals surface area contributed by atoms with Crippen molar-refractivity contribution in [1.82, 2.24) is 25.5 Å². The molecule has 5 N–H and O–H groups in total. The number of amides is 3. The number of nitrogens with one attached hydrogen (secondary N) is 3. The number of rotatable bonds is 12. The van der Waals surface area contributed by atoms with Crippen LogP contribution in [0.4, 0.5) is 20.1 Å². The van der Waals surface area contributed by atoms with Crippen molar-refractivity contribution in [2.45, 2.75) is 141 Å². The lowest BCUT2D eigenvalue weighted by molar-refractivity contribution is -0.300. The molecule has 0 aliphatic carbocycles. The quantitative estimate of drug-likeness (QED) is 0.121. The number of carbonyl (C=O) groups excluding carboxylic acids is 4. The molecule has 71 heavy (non-hydrogen) atoms. The summed E-state index contributed by atoms with van der Waals surface area (Å²) in [6, 6.07) is 14.6. The van der Waals surface area contributed by atoms with Gasteiger partial charge in [-0.2, -0.15) is 0 Å². The summed E-state index contributed by atoms with van der Waals surface area (Å²) in [5, 5.41) is 32.4. The molecule has 3 aliphatic rings. The van der Waals surface area contributed by atoms with Gasteiger partial charge in [-0.3, -0.25) is 10.1 Å². The van der Waals surface area contributed by atoms with Crippen molar-refractivity contribution in [3.05, 3.63) is 78.6 Å². The molecule has 3 saturated heterocycles. The number of aromatic nitrogens is 2. The highest BCUT2D eigenvalue weighted by Gasteiger charge is 2.58. The molecule has 3 amide bonds. The van der Waals surface area contributed by atoms with Crippen molar-refractivity contribution in [2.24, 2.45) is 23.7 Å².